The smallest absolute Gasteiger partial charge is 0.269 e. The van der Waals surface area contributed by atoms with Crippen LogP contribution in [0.5, 0.6) is 11.5 Å². The van der Waals surface area contributed by atoms with Crippen molar-refractivity contribution in [2.24, 2.45) is 5.73 Å². The molecule has 1 aromatic heterocycles. The zero-order valence-electron chi connectivity index (χ0n) is 18.8. The van der Waals surface area contributed by atoms with Gasteiger partial charge in [-0.25, -0.2) is 0 Å². The van der Waals surface area contributed by atoms with E-state index >= 15 is 0 Å². The van der Waals surface area contributed by atoms with Crippen LogP contribution < -0.4 is 20.5 Å². The van der Waals surface area contributed by atoms with Gasteiger partial charge in [0.2, 0.25) is 0 Å². The fourth-order valence-electron chi connectivity index (χ4n) is 3.28. The zero-order valence-corrected chi connectivity index (χ0v) is 19.6. The molecular formula is C23H27N5O4S. The number of nitrogens with zero attached hydrogens (tertiary/aromatic N) is 3. The van der Waals surface area contributed by atoms with E-state index in [1.807, 2.05) is 18.2 Å². The van der Waals surface area contributed by atoms with Crippen LogP contribution in [0.25, 0.3) is 0 Å². The third-order valence-electron chi connectivity index (χ3n) is 4.97. The Kier molecular flexibility index (Phi) is 8.34. The molecule has 0 saturated carbocycles. The average molecular weight is 470 g/mol. The zero-order chi connectivity index (χ0) is 23.8. The van der Waals surface area contributed by atoms with Crippen LogP contribution in [0.15, 0.2) is 42.5 Å². The number of nitrogens with one attached hydrogen (secondary N) is 1. The minimum Gasteiger partial charge on any atom is -0.493 e. The van der Waals surface area contributed by atoms with E-state index in [0.29, 0.717) is 59.4 Å². The molecule has 2 aromatic carbocycles. The molecule has 2 amide bonds. The summed E-state index contributed by atoms with van der Waals surface area (Å²) >= 11 is 1.05. The fraction of sp³-hybridized carbons (Fsp3) is 0.304. The molecule has 0 fully saturated rings. The molecule has 9 nitrogen and oxygen atoms in total. The van der Waals surface area contributed by atoms with Crippen LogP contribution in [0.3, 0.4) is 0 Å². The van der Waals surface area contributed by atoms with E-state index in [9.17, 15) is 9.59 Å². The maximum atomic E-state index is 13.3. The first-order valence-electron chi connectivity index (χ1n) is 10.4. The number of aromatic nitrogens is 2. The van der Waals surface area contributed by atoms with Crippen molar-refractivity contribution in [3.63, 3.8) is 0 Å². The molecule has 3 aromatic rings. The topological polar surface area (TPSA) is 120 Å². The van der Waals surface area contributed by atoms with Crippen molar-refractivity contribution in [2.45, 2.75) is 19.9 Å². The summed E-state index contributed by atoms with van der Waals surface area (Å²) < 4.78 is 14.4. The largest absolute Gasteiger partial charge is 0.493 e. The highest BCUT2D eigenvalue weighted by molar-refractivity contribution is 7.08. The lowest BCUT2D eigenvalue weighted by Gasteiger charge is -2.23. The number of hydrogen-bond donors (Lipinski definition) is 2. The molecule has 3 N–H and O–H groups in total. The van der Waals surface area contributed by atoms with Crippen LogP contribution in [0, 0.1) is 6.92 Å². The maximum absolute atomic E-state index is 13.3. The Morgan fingerprint density at radius 1 is 1.12 bits per heavy atom. The molecule has 0 aliphatic heterocycles. The number of methoxy groups -OCH3 is 2. The number of nitrogens with two attached hydrogens (primary N) is 1. The van der Waals surface area contributed by atoms with Gasteiger partial charge in [0.15, 0.2) is 11.5 Å². The predicted octanol–water partition coefficient (Wildman–Crippen LogP) is 3.11. The van der Waals surface area contributed by atoms with Gasteiger partial charge in [0.05, 0.1) is 19.9 Å². The molecule has 0 spiro atoms. The van der Waals surface area contributed by atoms with E-state index in [4.69, 9.17) is 15.2 Å². The number of hydrogen-bond acceptors (Lipinski definition) is 8. The highest BCUT2D eigenvalue weighted by Crippen LogP contribution is 2.28. The highest BCUT2D eigenvalue weighted by Gasteiger charge is 2.19. The van der Waals surface area contributed by atoms with Gasteiger partial charge in [0.1, 0.15) is 4.88 Å². The summed E-state index contributed by atoms with van der Waals surface area (Å²) in [5.74, 6) is 0.628. The SMILES string of the molecule is COc1ccc(C(=O)N(CCCN)Cc2cccc(NC(=O)c3snnc3C)c2)cc1OC. The summed E-state index contributed by atoms with van der Waals surface area (Å²) in [6, 6.07) is 12.5. The summed E-state index contributed by atoms with van der Waals surface area (Å²) in [6.45, 7) is 3.06. The van der Waals surface area contributed by atoms with E-state index in [-0.39, 0.29) is 11.8 Å². The molecule has 0 bridgehead atoms. The lowest BCUT2D eigenvalue weighted by atomic mass is 10.1. The van der Waals surface area contributed by atoms with Gasteiger partial charge < -0.3 is 25.4 Å². The van der Waals surface area contributed by atoms with Gasteiger partial charge in [-0.1, -0.05) is 16.6 Å². The average Bonchev–Trinajstić information content (AvgIpc) is 3.27. The van der Waals surface area contributed by atoms with Gasteiger partial charge in [0.25, 0.3) is 11.8 Å². The summed E-state index contributed by atoms with van der Waals surface area (Å²) in [5.41, 5.74) is 8.27. The molecule has 0 atom stereocenters. The molecule has 1 heterocycles. The van der Waals surface area contributed by atoms with Crippen LogP contribution in [-0.2, 0) is 6.54 Å². The molecule has 174 valence electrons. The van der Waals surface area contributed by atoms with Crippen molar-refractivity contribution < 1.29 is 19.1 Å². The Morgan fingerprint density at radius 2 is 1.91 bits per heavy atom. The Bertz CT molecular complexity index is 1120. The molecular weight excluding hydrogens is 442 g/mol. The van der Waals surface area contributed by atoms with Gasteiger partial charge in [-0.05, 0) is 67.3 Å². The molecule has 0 saturated heterocycles. The minimum absolute atomic E-state index is 0.148. The third kappa shape index (κ3) is 6.05. The monoisotopic (exact) mass is 469 g/mol. The first-order chi connectivity index (χ1) is 16.0. The van der Waals surface area contributed by atoms with Crippen molar-refractivity contribution in [3.8, 4) is 11.5 Å². The van der Waals surface area contributed by atoms with Crippen molar-refractivity contribution in [3.05, 3.63) is 64.2 Å². The Labute approximate surface area is 196 Å². The summed E-state index contributed by atoms with van der Waals surface area (Å²) in [4.78, 5) is 28.0. The number of anilines is 1. The highest BCUT2D eigenvalue weighted by atomic mass is 32.1. The normalized spacial score (nSPS) is 10.5. The van der Waals surface area contributed by atoms with Crippen LogP contribution in [0.2, 0.25) is 0 Å². The van der Waals surface area contributed by atoms with Gasteiger partial charge in [-0.15, -0.1) is 5.10 Å². The molecule has 33 heavy (non-hydrogen) atoms. The van der Waals surface area contributed by atoms with Crippen molar-refractivity contribution in [1.29, 1.82) is 0 Å². The first kappa shape index (κ1) is 24.1. The first-order valence-corrected chi connectivity index (χ1v) is 11.1. The molecule has 0 aliphatic carbocycles. The second-order valence-electron chi connectivity index (χ2n) is 7.28. The molecule has 0 radical (unpaired) electrons. The number of rotatable bonds is 10. The van der Waals surface area contributed by atoms with Crippen molar-refractivity contribution in [1.82, 2.24) is 14.5 Å². The number of ether oxygens (including phenoxy) is 2. The quantitative estimate of drug-likeness (QED) is 0.468. The molecule has 3 rings (SSSR count). The molecule has 0 unspecified atom stereocenters. The van der Waals surface area contributed by atoms with E-state index in [0.717, 1.165) is 17.1 Å². The Balaban J connectivity index is 1.79. The second-order valence-corrected chi connectivity index (χ2v) is 8.03. The van der Waals surface area contributed by atoms with Crippen LogP contribution >= 0.6 is 11.5 Å². The number of amides is 2. The van der Waals surface area contributed by atoms with Crippen LogP contribution in [0.1, 0.15) is 37.7 Å². The summed E-state index contributed by atoms with van der Waals surface area (Å²) in [5, 5.41) is 6.74. The van der Waals surface area contributed by atoms with E-state index < -0.39 is 0 Å². The molecule has 0 aliphatic rings. The van der Waals surface area contributed by atoms with Gasteiger partial charge >= 0.3 is 0 Å². The van der Waals surface area contributed by atoms with Gasteiger partial charge in [-0.3, -0.25) is 9.59 Å². The number of carbonyl (C=O) groups excluding carboxylic acids is 2. The van der Waals surface area contributed by atoms with Crippen molar-refractivity contribution in [2.75, 3.05) is 32.6 Å². The van der Waals surface area contributed by atoms with Crippen molar-refractivity contribution >= 4 is 29.0 Å². The third-order valence-corrected chi connectivity index (χ3v) is 5.79. The fourth-order valence-corrected chi connectivity index (χ4v) is 3.83. The lowest BCUT2D eigenvalue weighted by molar-refractivity contribution is 0.0741. The maximum Gasteiger partial charge on any atom is 0.269 e. The van der Waals surface area contributed by atoms with Gasteiger partial charge in [-0.2, -0.15) is 0 Å². The van der Waals surface area contributed by atoms with E-state index in [1.54, 1.807) is 43.2 Å². The van der Waals surface area contributed by atoms with Crippen LogP contribution in [0.4, 0.5) is 5.69 Å². The van der Waals surface area contributed by atoms with E-state index in [1.165, 1.54) is 7.11 Å². The summed E-state index contributed by atoms with van der Waals surface area (Å²) in [7, 11) is 3.08. The second kappa shape index (κ2) is 11.4. The van der Waals surface area contributed by atoms with Crippen LogP contribution in [-0.4, -0.2) is 53.6 Å². The van der Waals surface area contributed by atoms with Gasteiger partial charge in [0, 0.05) is 24.3 Å². The lowest BCUT2D eigenvalue weighted by Crippen LogP contribution is -2.32. The Morgan fingerprint density at radius 3 is 2.58 bits per heavy atom. The minimum atomic E-state index is -0.263. The standard InChI is InChI=1S/C23H27N5O4S/c1-15-21(33-27-26-15)22(29)25-18-7-4-6-16(12-18)14-28(11-5-10-24)23(30)17-8-9-19(31-2)20(13-17)32-3/h4,6-9,12-13H,5,10-11,14,24H2,1-3H3,(H,25,29). The molecule has 10 heteroatoms. The number of benzene rings is 2. The predicted molar refractivity (Wildman–Crippen MR) is 127 cm³/mol. The van der Waals surface area contributed by atoms with E-state index in [2.05, 4.69) is 14.9 Å². The summed E-state index contributed by atoms with van der Waals surface area (Å²) in [6.07, 6.45) is 0.660. The Hall–Kier alpha value is -3.50. The number of carbonyl (C=O) groups is 2. The number of aryl methyl sites for hydroxylation is 1.